The Morgan fingerprint density at radius 1 is 0.963 bits per heavy atom. The first-order valence-corrected chi connectivity index (χ1v) is 9.18. The largest absolute Gasteiger partial charge is 0.0991 e. The molecule has 0 amide bonds. The highest BCUT2D eigenvalue weighted by Crippen LogP contribution is 2.56. The third-order valence-electron chi connectivity index (χ3n) is 4.96. The Morgan fingerprint density at radius 2 is 1.70 bits per heavy atom. The Hall–Kier alpha value is -3.12. The van der Waals surface area contributed by atoms with Crippen LogP contribution in [0.1, 0.15) is 25.0 Å². The molecule has 0 heteroatoms. The van der Waals surface area contributed by atoms with Crippen molar-refractivity contribution in [1.29, 1.82) is 0 Å². The highest BCUT2D eigenvalue weighted by atomic mass is 14.5. The number of hydrogen-bond acceptors (Lipinski definition) is 0. The Bertz CT molecular complexity index is 909. The number of fused-ring (bicyclic) bond motifs is 1. The lowest BCUT2D eigenvalue weighted by Crippen LogP contribution is -2.30. The van der Waals surface area contributed by atoms with Gasteiger partial charge >= 0.3 is 0 Å². The first-order chi connectivity index (χ1) is 13.2. The second-order valence-electron chi connectivity index (χ2n) is 6.23. The van der Waals surface area contributed by atoms with Crippen LogP contribution in [0, 0.1) is 0 Å². The van der Waals surface area contributed by atoms with Crippen LogP contribution in [-0.2, 0) is 5.41 Å². The van der Waals surface area contributed by atoms with Gasteiger partial charge in [0, 0.05) is 0 Å². The molecule has 1 aliphatic carbocycles. The van der Waals surface area contributed by atoms with Crippen LogP contribution < -0.4 is 0 Å². The van der Waals surface area contributed by atoms with E-state index in [9.17, 15) is 0 Å². The molecule has 0 radical (unpaired) electrons. The minimum atomic E-state index is -0.489. The SMILES string of the molecule is C=C/C=C\C(=C/C)C1(/C(C=C)=C/C=C)C(C=C)=C(/C=C\C)c2ccccc21. The van der Waals surface area contributed by atoms with Gasteiger partial charge in [-0.15, -0.1) is 0 Å². The van der Waals surface area contributed by atoms with E-state index in [1.165, 1.54) is 16.7 Å². The summed E-state index contributed by atoms with van der Waals surface area (Å²) in [7, 11) is 0. The fourth-order valence-corrected chi connectivity index (χ4v) is 4.02. The minimum Gasteiger partial charge on any atom is -0.0991 e. The highest BCUT2D eigenvalue weighted by molar-refractivity contribution is 5.92. The molecule has 2 rings (SSSR count). The van der Waals surface area contributed by atoms with Gasteiger partial charge < -0.3 is 0 Å². The fraction of sp³-hybridized carbons (Fsp3) is 0.111. The molecule has 0 fully saturated rings. The van der Waals surface area contributed by atoms with Crippen LogP contribution in [0.3, 0.4) is 0 Å². The zero-order valence-electron chi connectivity index (χ0n) is 16.4. The summed E-state index contributed by atoms with van der Waals surface area (Å²) in [5.74, 6) is 0. The van der Waals surface area contributed by atoms with E-state index in [-0.39, 0.29) is 0 Å². The third-order valence-corrected chi connectivity index (χ3v) is 4.96. The second-order valence-corrected chi connectivity index (χ2v) is 6.23. The predicted octanol–water partition coefficient (Wildman–Crippen LogP) is 7.44. The molecular formula is C27H28. The van der Waals surface area contributed by atoms with Gasteiger partial charge in [0.1, 0.15) is 0 Å². The Labute approximate surface area is 164 Å². The van der Waals surface area contributed by atoms with Crippen molar-refractivity contribution in [3.8, 4) is 0 Å². The van der Waals surface area contributed by atoms with Gasteiger partial charge in [-0.25, -0.2) is 0 Å². The second kappa shape index (κ2) is 9.00. The number of hydrogen-bond donors (Lipinski definition) is 0. The maximum Gasteiger partial charge on any atom is 0.0709 e. The van der Waals surface area contributed by atoms with Gasteiger partial charge in [-0.05, 0) is 47.3 Å². The van der Waals surface area contributed by atoms with Gasteiger partial charge in [0.25, 0.3) is 0 Å². The molecule has 0 spiro atoms. The molecule has 0 nitrogen and oxygen atoms in total. The molecule has 1 aliphatic rings. The van der Waals surface area contributed by atoms with E-state index in [2.05, 4.69) is 81.8 Å². The predicted molar refractivity (Wildman–Crippen MR) is 122 cm³/mol. The molecule has 0 bridgehead atoms. The zero-order valence-corrected chi connectivity index (χ0v) is 16.4. The summed E-state index contributed by atoms with van der Waals surface area (Å²) in [6.45, 7) is 20.2. The Morgan fingerprint density at radius 3 is 2.26 bits per heavy atom. The van der Waals surface area contributed by atoms with Crippen LogP contribution in [0.5, 0.6) is 0 Å². The van der Waals surface area contributed by atoms with E-state index in [1.807, 2.05) is 37.3 Å². The molecule has 0 aromatic heterocycles. The quantitative estimate of drug-likeness (QED) is 0.426. The number of allylic oxidation sites excluding steroid dienone is 14. The zero-order chi connectivity index (χ0) is 19.9. The van der Waals surface area contributed by atoms with Gasteiger partial charge in [-0.1, -0.05) is 111 Å². The molecule has 0 heterocycles. The van der Waals surface area contributed by atoms with Crippen molar-refractivity contribution in [1.82, 2.24) is 0 Å². The van der Waals surface area contributed by atoms with E-state index in [1.54, 1.807) is 6.08 Å². The lowest BCUT2D eigenvalue weighted by molar-refractivity contribution is 0.757. The first kappa shape index (κ1) is 20.2. The van der Waals surface area contributed by atoms with Crippen molar-refractivity contribution >= 4 is 5.57 Å². The van der Waals surface area contributed by atoms with Crippen LogP contribution in [0.4, 0.5) is 0 Å². The molecule has 0 aliphatic heterocycles. The molecule has 0 saturated heterocycles. The van der Waals surface area contributed by atoms with E-state index < -0.39 is 5.41 Å². The van der Waals surface area contributed by atoms with Crippen LogP contribution in [0.15, 0.2) is 128 Å². The van der Waals surface area contributed by atoms with Crippen molar-refractivity contribution in [2.45, 2.75) is 19.3 Å². The highest BCUT2D eigenvalue weighted by Gasteiger charge is 2.46. The maximum absolute atomic E-state index is 4.18. The maximum atomic E-state index is 4.18. The fourth-order valence-electron chi connectivity index (χ4n) is 4.02. The van der Waals surface area contributed by atoms with Crippen molar-refractivity contribution in [2.24, 2.45) is 0 Å². The topological polar surface area (TPSA) is 0 Å². The minimum absolute atomic E-state index is 0.489. The van der Waals surface area contributed by atoms with E-state index in [4.69, 9.17) is 0 Å². The van der Waals surface area contributed by atoms with Crippen LogP contribution in [0.2, 0.25) is 0 Å². The van der Waals surface area contributed by atoms with Gasteiger partial charge in [0.05, 0.1) is 5.41 Å². The number of benzene rings is 1. The smallest absolute Gasteiger partial charge is 0.0709 e. The summed E-state index contributed by atoms with van der Waals surface area (Å²) in [6, 6.07) is 8.54. The van der Waals surface area contributed by atoms with Crippen LogP contribution in [-0.4, -0.2) is 0 Å². The van der Waals surface area contributed by atoms with E-state index in [0.29, 0.717) is 0 Å². The molecule has 136 valence electrons. The molecule has 1 atom stereocenters. The summed E-state index contributed by atoms with van der Waals surface area (Å²) in [4.78, 5) is 0. The summed E-state index contributed by atoms with van der Waals surface area (Å²) in [5.41, 5.74) is 6.51. The molecule has 0 saturated carbocycles. The first-order valence-electron chi connectivity index (χ1n) is 9.18. The van der Waals surface area contributed by atoms with Crippen LogP contribution in [0.25, 0.3) is 5.57 Å². The molecule has 1 aromatic carbocycles. The summed E-state index contributed by atoms with van der Waals surface area (Å²) < 4.78 is 0. The van der Waals surface area contributed by atoms with Crippen molar-refractivity contribution in [3.05, 3.63) is 139 Å². The normalized spacial score (nSPS) is 20.2. The lowest BCUT2D eigenvalue weighted by atomic mass is 9.65. The van der Waals surface area contributed by atoms with Crippen molar-refractivity contribution < 1.29 is 0 Å². The average Bonchev–Trinajstić information content (AvgIpc) is 2.97. The van der Waals surface area contributed by atoms with Crippen molar-refractivity contribution in [3.63, 3.8) is 0 Å². The average molecular weight is 353 g/mol. The summed E-state index contributed by atoms with van der Waals surface area (Å²) in [5, 5.41) is 0. The van der Waals surface area contributed by atoms with E-state index >= 15 is 0 Å². The van der Waals surface area contributed by atoms with Gasteiger partial charge in [0.2, 0.25) is 0 Å². The number of rotatable bonds is 8. The Balaban J connectivity index is 3.11. The molecular weight excluding hydrogens is 324 g/mol. The standard InChI is InChI=1S/C27H28/c1-7-13-18-22(11-5)27(21(10-4)16-8-2)25(12-6)23(17-9-3)24-19-14-15-20-26(24)27/h7-20H,1-2,4,6H2,3,5H3/b17-9-,18-13-,21-16+,22-11+. The van der Waals surface area contributed by atoms with E-state index in [0.717, 1.165) is 16.7 Å². The van der Waals surface area contributed by atoms with Gasteiger partial charge in [-0.2, -0.15) is 0 Å². The lowest BCUT2D eigenvalue weighted by Gasteiger charge is -2.36. The monoisotopic (exact) mass is 352 g/mol. The van der Waals surface area contributed by atoms with Gasteiger partial charge in [-0.3, -0.25) is 0 Å². The third kappa shape index (κ3) is 3.19. The van der Waals surface area contributed by atoms with Crippen molar-refractivity contribution in [2.75, 3.05) is 0 Å². The van der Waals surface area contributed by atoms with Crippen LogP contribution >= 0.6 is 0 Å². The molecule has 0 N–H and O–H groups in total. The summed E-state index contributed by atoms with van der Waals surface area (Å²) >= 11 is 0. The molecule has 1 unspecified atom stereocenters. The summed E-state index contributed by atoms with van der Waals surface area (Å²) in [6.07, 6.45) is 20.0. The molecule has 1 aromatic rings. The van der Waals surface area contributed by atoms with Gasteiger partial charge in [0.15, 0.2) is 0 Å². The Kier molecular flexibility index (Phi) is 6.73. The molecule has 27 heavy (non-hydrogen) atoms.